The molecule has 0 saturated carbocycles. The summed E-state index contributed by atoms with van der Waals surface area (Å²) in [5.74, 6) is 1.10. The molecule has 4 nitrogen and oxygen atoms in total. The molecule has 0 amide bonds. The van der Waals surface area contributed by atoms with Gasteiger partial charge in [-0.3, -0.25) is 4.79 Å². The zero-order valence-corrected chi connectivity index (χ0v) is 10.3. The molecule has 0 spiro atoms. The maximum absolute atomic E-state index is 10.5. The number of aromatic nitrogens is 2. The van der Waals surface area contributed by atoms with Crippen molar-refractivity contribution in [1.29, 1.82) is 0 Å². The van der Waals surface area contributed by atoms with Gasteiger partial charge in [-0.1, -0.05) is 32.0 Å². The number of carbonyl (C=O) groups excluding carboxylic acids is 1. The van der Waals surface area contributed by atoms with Gasteiger partial charge in [0.25, 0.3) is 0 Å². The smallest absolute Gasteiger partial charge is 0.321 e. The lowest BCUT2D eigenvalue weighted by molar-refractivity contribution is 0.112. The highest BCUT2D eigenvalue weighted by Gasteiger charge is 2.08. The molecule has 4 heteroatoms. The van der Waals surface area contributed by atoms with Gasteiger partial charge in [0.1, 0.15) is 5.75 Å². The Bertz CT molecular complexity index is 536. The fraction of sp³-hybridized carbons (Fsp3) is 0.214. The van der Waals surface area contributed by atoms with Gasteiger partial charge in [-0.15, -0.1) is 0 Å². The van der Waals surface area contributed by atoms with Gasteiger partial charge in [-0.2, -0.15) is 0 Å². The van der Waals surface area contributed by atoms with Crippen molar-refractivity contribution in [3.05, 3.63) is 47.8 Å². The Morgan fingerprint density at radius 2 is 1.83 bits per heavy atom. The fourth-order valence-corrected chi connectivity index (χ4v) is 1.59. The summed E-state index contributed by atoms with van der Waals surface area (Å²) in [5.41, 5.74) is 1.53. The SMILES string of the molecule is CC(C)c1ccccc1Oc1ncc(C=O)cn1. The predicted octanol–water partition coefficient (Wildman–Crippen LogP) is 3.20. The van der Waals surface area contributed by atoms with Gasteiger partial charge in [-0.05, 0) is 17.5 Å². The molecule has 0 bridgehead atoms. The van der Waals surface area contributed by atoms with E-state index in [1.165, 1.54) is 12.4 Å². The molecule has 0 saturated heterocycles. The highest BCUT2D eigenvalue weighted by atomic mass is 16.5. The van der Waals surface area contributed by atoms with Gasteiger partial charge in [0.2, 0.25) is 0 Å². The molecule has 92 valence electrons. The first-order valence-corrected chi connectivity index (χ1v) is 5.74. The Morgan fingerprint density at radius 3 is 2.44 bits per heavy atom. The lowest BCUT2D eigenvalue weighted by Crippen LogP contribution is -1.97. The van der Waals surface area contributed by atoms with Crippen molar-refractivity contribution < 1.29 is 9.53 Å². The van der Waals surface area contributed by atoms with Crippen molar-refractivity contribution in [2.24, 2.45) is 0 Å². The van der Waals surface area contributed by atoms with E-state index >= 15 is 0 Å². The minimum absolute atomic E-state index is 0.244. The standard InChI is InChI=1S/C14H14N2O2/c1-10(2)12-5-3-4-6-13(12)18-14-15-7-11(9-17)8-16-14/h3-10H,1-2H3. The van der Waals surface area contributed by atoms with E-state index in [-0.39, 0.29) is 6.01 Å². The summed E-state index contributed by atoms with van der Waals surface area (Å²) in [6.45, 7) is 4.19. The first-order valence-electron chi connectivity index (χ1n) is 5.74. The summed E-state index contributed by atoms with van der Waals surface area (Å²) in [5, 5.41) is 0. The van der Waals surface area contributed by atoms with Gasteiger partial charge in [0.05, 0.1) is 5.56 Å². The number of hydrogen-bond donors (Lipinski definition) is 0. The lowest BCUT2D eigenvalue weighted by atomic mass is 10.0. The number of benzene rings is 1. The van der Waals surface area contributed by atoms with Crippen LogP contribution in [0.5, 0.6) is 11.8 Å². The number of ether oxygens (including phenoxy) is 1. The van der Waals surface area contributed by atoms with Crippen LogP contribution in [0.3, 0.4) is 0 Å². The highest BCUT2D eigenvalue weighted by molar-refractivity contribution is 5.73. The van der Waals surface area contributed by atoms with Crippen LogP contribution in [-0.4, -0.2) is 16.3 Å². The molecular weight excluding hydrogens is 228 g/mol. The molecule has 0 aliphatic heterocycles. The van der Waals surface area contributed by atoms with E-state index < -0.39 is 0 Å². The first kappa shape index (κ1) is 12.2. The summed E-state index contributed by atoms with van der Waals surface area (Å²) in [4.78, 5) is 18.5. The largest absolute Gasteiger partial charge is 0.424 e. The molecule has 18 heavy (non-hydrogen) atoms. The van der Waals surface area contributed by atoms with Crippen LogP contribution in [0.25, 0.3) is 0 Å². The van der Waals surface area contributed by atoms with Crippen molar-refractivity contribution in [3.8, 4) is 11.8 Å². The van der Waals surface area contributed by atoms with E-state index in [9.17, 15) is 4.79 Å². The number of nitrogens with zero attached hydrogens (tertiary/aromatic N) is 2. The minimum Gasteiger partial charge on any atom is -0.424 e. The number of aldehydes is 1. The zero-order valence-electron chi connectivity index (χ0n) is 10.3. The summed E-state index contributed by atoms with van der Waals surface area (Å²) >= 11 is 0. The molecule has 0 radical (unpaired) electrons. The summed E-state index contributed by atoms with van der Waals surface area (Å²) < 4.78 is 5.63. The molecule has 0 aliphatic rings. The second-order valence-electron chi connectivity index (χ2n) is 4.21. The van der Waals surface area contributed by atoms with Crippen LogP contribution < -0.4 is 4.74 Å². The van der Waals surface area contributed by atoms with Crippen LogP contribution in [0.1, 0.15) is 35.7 Å². The van der Waals surface area contributed by atoms with Crippen LogP contribution in [-0.2, 0) is 0 Å². The quantitative estimate of drug-likeness (QED) is 0.772. The molecule has 2 rings (SSSR count). The molecule has 0 aliphatic carbocycles. The molecule has 0 N–H and O–H groups in total. The monoisotopic (exact) mass is 242 g/mol. The van der Waals surface area contributed by atoms with Gasteiger partial charge in [0.15, 0.2) is 6.29 Å². The number of hydrogen-bond acceptors (Lipinski definition) is 4. The molecule has 2 aromatic rings. The maximum atomic E-state index is 10.5. The Kier molecular flexibility index (Phi) is 3.67. The third-order valence-corrected chi connectivity index (χ3v) is 2.53. The number of para-hydroxylation sites is 1. The number of carbonyl (C=O) groups is 1. The van der Waals surface area contributed by atoms with Gasteiger partial charge in [-0.25, -0.2) is 9.97 Å². The highest BCUT2D eigenvalue weighted by Crippen LogP contribution is 2.28. The minimum atomic E-state index is 0.244. The number of rotatable bonds is 4. The molecule has 0 unspecified atom stereocenters. The zero-order chi connectivity index (χ0) is 13.0. The third-order valence-electron chi connectivity index (χ3n) is 2.53. The van der Waals surface area contributed by atoms with Crippen molar-refractivity contribution in [2.75, 3.05) is 0 Å². The normalized spacial score (nSPS) is 10.4. The second kappa shape index (κ2) is 5.40. The van der Waals surface area contributed by atoms with Gasteiger partial charge in [0, 0.05) is 12.4 Å². The molecule has 0 atom stereocenters. The van der Waals surface area contributed by atoms with Crippen molar-refractivity contribution in [3.63, 3.8) is 0 Å². The Hall–Kier alpha value is -2.23. The van der Waals surface area contributed by atoms with Crippen LogP contribution in [0.4, 0.5) is 0 Å². The van der Waals surface area contributed by atoms with Crippen LogP contribution in [0.15, 0.2) is 36.7 Å². The van der Waals surface area contributed by atoms with Crippen molar-refractivity contribution in [1.82, 2.24) is 9.97 Å². The van der Waals surface area contributed by atoms with Crippen LogP contribution in [0, 0.1) is 0 Å². The van der Waals surface area contributed by atoms with Crippen molar-refractivity contribution >= 4 is 6.29 Å². The first-order chi connectivity index (χ1) is 8.70. The second-order valence-corrected chi connectivity index (χ2v) is 4.21. The van der Waals surface area contributed by atoms with Crippen LogP contribution >= 0.6 is 0 Å². The summed E-state index contributed by atoms with van der Waals surface area (Å²) in [6.07, 6.45) is 3.58. The molecule has 1 heterocycles. The molecule has 0 fully saturated rings. The molecule has 1 aromatic carbocycles. The van der Waals surface area contributed by atoms with Crippen LogP contribution in [0.2, 0.25) is 0 Å². The van der Waals surface area contributed by atoms with Gasteiger partial charge >= 0.3 is 6.01 Å². The van der Waals surface area contributed by atoms with E-state index in [1.54, 1.807) is 0 Å². The summed E-state index contributed by atoms with van der Waals surface area (Å²) in [6, 6.07) is 8.01. The Labute approximate surface area is 106 Å². The molecular formula is C14H14N2O2. The van der Waals surface area contributed by atoms with E-state index in [4.69, 9.17) is 4.74 Å². The Balaban J connectivity index is 2.25. The summed E-state index contributed by atoms with van der Waals surface area (Å²) in [7, 11) is 0. The fourth-order valence-electron chi connectivity index (χ4n) is 1.59. The van der Waals surface area contributed by atoms with Crippen molar-refractivity contribution in [2.45, 2.75) is 19.8 Å². The van der Waals surface area contributed by atoms with E-state index in [2.05, 4.69) is 23.8 Å². The maximum Gasteiger partial charge on any atom is 0.321 e. The van der Waals surface area contributed by atoms with E-state index in [1.807, 2.05) is 24.3 Å². The predicted molar refractivity (Wildman–Crippen MR) is 68.0 cm³/mol. The average molecular weight is 242 g/mol. The lowest BCUT2D eigenvalue weighted by Gasteiger charge is -2.11. The third kappa shape index (κ3) is 2.71. The van der Waals surface area contributed by atoms with Gasteiger partial charge < -0.3 is 4.74 Å². The van der Waals surface area contributed by atoms with E-state index in [0.717, 1.165) is 11.3 Å². The average Bonchev–Trinajstić information content (AvgIpc) is 2.40. The Morgan fingerprint density at radius 1 is 1.17 bits per heavy atom. The van der Waals surface area contributed by atoms with E-state index in [0.29, 0.717) is 17.8 Å². The molecule has 1 aromatic heterocycles. The topological polar surface area (TPSA) is 52.1 Å².